The largest absolute Gasteiger partial charge is 0.462 e. The summed E-state index contributed by atoms with van der Waals surface area (Å²) in [5, 5.41) is 6.99. The van der Waals surface area contributed by atoms with Crippen LogP contribution < -0.4 is 10.6 Å². The lowest BCUT2D eigenvalue weighted by Gasteiger charge is -2.10. The quantitative estimate of drug-likeness (QED) is 0.577. The molecule has 0 atom stereocenters. The molecule has 2 aromatic carbocycles. The molecule has 138 valence electrons. The van der Waals surface area contributed by atoms with Crippen LogP contribution in [0.5, 0.6) is 0 Å². The number of aryl methyl sites for hydroxylation is 1. The van der Waals surface area contributed by atoms with E-state index in [1.807, 2.05) is 25.1 Å². The lowest BCUT2D eigenvalue weighted by atomic mass is 10.2. The number of nitrogens with one attached hydrogen (secondary N) is 2. The zero-order valence-electron chi connectivity index (χ0n) is 15.0. The molecule has 0 aliphatic heterocycles. The van der Waals surface area contributed by atoms with Gasteiger partial charge in [-0.15, -0.1) is 0 Å². The second-order valence-corrected chi connectivity index (χ2v) is 6.21. The molecule has 0 aliphatic rings. The van der Waals surface area contributed by atoms with E-state index in [9.17, 15) is 4.79 Å². The number of aromatic nitrogens is 2. The lowest BCUT2D eigenvalue weighted by molar-refractivity contribution is 0.0526. The van der Waals surface area contributed by atoms with Crippen LogP contribution >= 0.6 is 11.6 Å². The monoisotopic (exact) mass is 382 g/mol. The van der Waals surface area contributed by atoms with E-state index < -0.39 is 0 Å². The number of esters is 1. The Labute approximate surface area is 162 Å². The molecule has 0 saturated heterocycles. The molecule has 0 amide bonds. The zero-order chi connectivity index (χ0) is 19.2. The average molecular weight is 383 g/mol. The number of nitrogens with zero attached hydrogens (tertiary/aromatic N) is 2. The Balaban J connectivity index is 1.75. The Bertz CT molecular complexity index is 945. The van der Waals surface area contributed by atoms with Crippen LogP contribution in [0.25, 0.3) is 0 Å². The Morgan fingerprint density at radius 3 is 2.52 bits per heavy atom. The minimum atomic E-state index is -0.338. The van der Waals surface area contributed by atoms with E-state index in [2.05, 4.69) is 20.6 Å². The summed E-state index contributed by atoms with van der Waals surface area (Å²) < 4.78 is 4.98. The number of halogens is 1. The molecule has 0 fully saturated rings. The van der Waals surface area contributed by atoms with Crippen molar-refractivity contribution in [3.05, 3.63) is 70.9 Å². The van der Waals surface area contributed by atoms with Gasteiger partial charge in [-0.25, -0.2) is 9.78 Å². The lowest BCUT2D eigenvalue weighted by Crippen LogP contribution is -2.05. The molecular formula is C20H19ClN4O2. The summed E-state index contributed by atoms with van der Waals surface area (Å²) in [5.74, 6) is 0.758. The van der Waals surface area contributed by atoms with E-state index >= 15 is 0 Å². The van der Waals surface area contributed by atoms with Gasteiger partial charge in [0, 0.05) is 28.2 Å². The third-order valence-corrected chi connectivity index (χ3v) is 3.84. The first-order valence-electron chi connectivity index (χ1n) is 8.46. The van der Waals surface area contributed by atoms with Crippen molar-refractivity contribution in [1.82, 2.24) is 9.97 Å². The summed E-state index contributed by atoms with van der Waals surface area (Å²) in [5.41, 5.74) is 2.91. The van der Waals surface area contributed by atoms with Gasteiger partial charge in [-0.1, -0.05) is 17.7 Å². The molecule has 3 rings (SSSR count). The highest BCUT2D eigenvalue weighted by atomic mass is 35.5. The molecular weight excluding hydrogens is 364 g/mol. The van der Waals surface area contributed by atoms with Crippen molar-refractivity contribution in [2.24, 2.45) is 0 Å². The number of ether oxygens (including phenoxy) is 1. The molecule has 3 aromatic rings. The number of hydrogen-bond donors (Lipinski definition) is 2. The maximum absolute atomic E-state index is 11.7. The first-order valence-corrected chi connectivity index (χ1v) is 8.84. The number of benzene rings is 2. The summed E-state index contributed by atoms with van der Waals surface area (Å²) in [6, 6.07) is 16.2. The van der Waals surface area contributed by atoms with E-state index in [0.717, 1.165) is 17.1 Å². The summed E-state index contributed by atoms with van der Waals surface area (Å²) in [4.78, 5) is 20.6. The summed E-state index contributed by atoms with van der Waals surface area (Å²) in [6.07, 6.45) is 0. The molecule has 1 heterocycles. The van der Waals surface area contributed by atoms with Crippen LogP contribution in [0.2, 0.25) is 5.02 Å². The van der Waals surface area contributed by atoms with Crippen molar-refractivity contribution in [2.75, 3.05) is 17.2 Å². The first-order chi connectivity index (χ1) is 13.0. The van der Waals surface area contributed by atoms with Crippen molar-refractivity contribution < 1.29 is 9.53 Å². The molecule has 0 aliphatic carbocycles. The highest BCUT2D eigenvalue weighted by molar-refractivity contribution is 6.30. The summed E-state index contributed by atoms with van der Waals surface area (Å²) in [6.45, 7) is 4.02. The SMILES string of the molecule is CCOC(=O)c1ccc(Nc2cc(C)nc(Nc3cccc(Cl)c3)n2)cc1. The molecule has 27 heavy (non-hydrogen) atoms. The van der Waals surface area contributed by atoms with Crippen LogP contribution in [-0.2, 0) is 4.74 Å². The number of rotatable bonds is 6. The van der Waals surface area contributed by atoms with Gasteiger partial charge in [-0.2, -0.15) is 4.98 Å². The molecule has 1 aromatic heterocycles. The molecule has 6 nitrogen and oxygen atoms in total. The van der Waals surface area contributed by atoms with Crippen molar-refractivity contribution in [3.63, 3.8) is 0 Å². The summed E-state index contributed by atoms with van der Waals surface area (Å²) in [7, 11) is 0. The third kappa shape index (κ3) is 5.18. The second-order valence-electron chi connectivity index (χ2n) is 5.78. The van der Waals surface area contributed by atoms with Gasteiger partial charge in [0.05, 0.1) is 12.2 Å². The standard InChI is InChI=1S/C20H19ClN4O2/c1-3-27-19(26)14-7-9-16(10-8-14)23-18-11-13(2)22-20(25-18)24-17-6-4-5-15(21)12-17/h4-12H,3H2,1-2H3,(H2,22,23,24,25). The van der Waals surface area contributed by atoms with E-state index in [1.165, 1.54) is 0 Å². The Hall–Kier alpha value is -3.12. The fourth-order valence-electron chi connectivity index (χ4n) is 2.44. The third-order valence-electron chi connectivity index (χ3n) is 3.60. The van der Waals surface area contributed by atoms with Crippen molar-refractivity contribution in [2.45, 2.75) is 13.8 Å². The van der Waals surface area contributed by atoms with E-state index in [1.54, 1.807) is 43.3 Å². The molecule has 0 saturated carbocycles. The van der Waals surface area contributed by atoms with Crippen LogP contribution in [0.15, 0.2) is 54.6 Å². The van der Waals surface area contributed by atoms with E-state index in [-0.39, 0.29) is 5.97 Å². The predicted molar refractivity (Wildman–Crippen MR) is 107 cm³/mol. The number of carbonyl (C=O) groups excluding carboxylic acids is 1. The van der Waals surface area contributed by atoms with E-state index in [4.69, 9.17) is 16.3 Å². The first kappa shape index (κ1) is 18.7. The molecule has 7 heteroatoms. The van der Waals surface area contributed by atoms with Gasteiger partial charge < -0.3 is 15.4 Å². The minimum absolute atomic E-state index is 0.338. The maximum Gasteiger partial charge on any atom is 0.338 e. The molecule has 0 radical (unpaired) electrons. The van der Waals surface area contributed by atoms with Crippen LogP contribution in [0, 0.1) is 6.92 Å². The van der Waals surface area contributed by atoms with Crippen molar-refractivity contribution in [1.29, 1.82) is 0 Å². The van der Waals surface area contributed by atoms with Crippen LogP contribution in [-0.4, -0.2) is 22.5 Å². The van der Waals surface area contributed by atoms with Gasteiger partial charge in [0.2, 0.25) is 5.95 Å². The summed E-state index contributed by atoms with van der Waals surface area (Å²) >= 11 is 6.01. The number of hydrogen-bond acceptors (Lipinski definition) is 6. The maximum atomic E-state index is 11.7. The normalized spacial score (nSPS) is 10.3. The van der Waals surface area contributed by atoms with Gasteiger partial charge in [0.25, 0.3) is 0 Å². The Morgan fingerprint density at radius 2 is 1.81 bits per heavy atom. The fraction of sp³-hybridized carbons (Fsp3) is 0.150. The van der Waals surface area contributed by atoms with Crippen molar-refractivity contribution >= 4 is 40.7 Å². The van der Waals surface area contributed by atoms with Crippen LogP contribution in [0.3, 0.4) is 0 Å². The zero-order valence-corrected chi connectivity index (χ0v) is 15.7. The molecule has 0 spiro atoms. The van der Waals surface area contributed by atoms with Gasteiger partial charge in [0.15, 0.2) is 0 Å². The van der Waals surface area contributed by atoms with Crippen LogP contribution in [0.1, 0.15) is 23.0 Å². The Morgan fingerprint density at radius 1 is 1.04 bits per heavy atom. The Kier molecular flexibility index (Phi) is 5.88. The van der Waals surface area contributed by atoms with Gasteiger partial charge >= 0.3 is 5.97 Å². The van der Waals surface area contributed by atoms with E-state index in [0.29, 0.717) is 29.0 Å². The number of anilines is 4. The van der Waals surface area contributed by atoms with Gasteiger partial charge in [0.1, 0.15) is 5.82 Å². The van der Waals surface area contributed by atoms with Gasteiger partial charge in [-0.3, -0.25) is 0 Å². The van der Waals surface area contributed by atoms with Crippen molar-refractivity contribution in [3.8, 4) is 0 Å². The molecule has 2 N–H and O–H groups in total. The highest BCUT2D eigenvalue weighted by Crippen LogP contribution is 2.21. The topological polar surface area (TPSA) is 76.1 Å². The van der Waals surface area contributed by atoms with Gasteiger partial charge in [-0.05, 0) is 56.3 Å². The molecule has 0 unspecified atom stereocenters. The number of carbonyl (C=O) groups is 1. The highest BCUT2D eigenvalue weighted by Gasteiger charge is 2.07. The predicted octanol–water partition coefficient (Wildman–Crippen LogP) is 5.10. The average Bonchev–Trinajstić information content (AvgIpc) is 2.62. The fourth-order valence-corrected chi connectivity index (χ4v) is 2.63. The smallest absolute Gasteiger partial charge is 0.338 e. The molecule has 0 bridgehead atoms. The van der Waals surface area contributed by atoms with Crippen LogP contribution in [0.4, 0.5) is 23.1 Å². The minimum Gasteiger partial charge on any atom is -0.462 e. The second kappa shape index (κ2) is 8.51.